The van der Waals surface area contributed by atoms with Gasteiger partial charge < -0.3 is 0 Å². The first-order valence-corrected chi connectivity index (χ1v) is 7.67. The van der Waals surface area contributed by atoms with Gasteiger partial charge in [0, 0.05) is 30.0 Å². The molecule has 4 nitrogen and oxygen atoms in total. The predicted molar refractivity (Wildman–Crippen MR) is 77.2 cm³/mol. The van der Waals surface area contributed by atoms with E-state index in [1.165, 1.54) is 13.0 Å². The number of ketones is 3. The minimum atomic E-state index is -3.11. The summed E-state index contributed by atoms with van der Waals surface area (Å²) in [6.07, 6.45) is 1.84. The summed E-state index contributed by atoms with van der Waals surface area (Å²) in [5.74, 6) is -6.08. The Labute approximate surface area is 132 Å². The fraction of sp³-hybridized carbons (Fsp3) is 0.529. The number of Topliss-reactive ketones (excluding diaryl/α,β-unsaturated/α-hetero) is 3. The van der Waals surface area contributed by atoms with Crippen molar-refractivity contribution >= 4 is 17.3 Å². The molecule has 2 saturated carbocycles. The average Bonchev–Trinajstić information content (AvgIpc) is 2.91. The second-order valence-electron chi connectivity index (χ2n) is 6.53. The molecule has 23 heavy (non-hydrogen) atoms. The molecule has 0 N–H and O–H groups in total. The summed E-state index contributed by atoms with van der Waals surface area (Å²) in [5, 5.41) is 0. The van der Waals surface area contributed by atoms with Crippen molar-refractivity contribution in [3.8, 4) is 0 Å². The Bertz CT molecular complexity index is 686. The molecule has 3 rings (SSSR count). The van der Waals surface area contributed by atoms with Crippen LogP contribution >= 0.6 is 0 Å². The molecule has 2 aliphatic rings. The van der Waals surface area contributed by atoms with E-state index < -0.39 is 23.3 Å². The fourth-order valence-electron chi connectivity index (χ4n) is 3.59. The number of aromatic nitrogens is 1. The highest BCUT2D eigenvalue weighted by atomic mass is 19.3. The van der Waals surface area contributed by atoms with E-state index in [9.17, 15) is 23.2 Å². The first-order chi connectivity index (χ1) is 10.7. The summed E-state index contributed by atoms with van der Waals surface area (Å²) >= 11 is 0. The molecule has 0 saturated heterocycles. The maximum Gasteiger partial charge on any atom is 0.286 e. The lowest BCUT2D eigenvalue weighted by Gasteiger charge is -2.24. The Hall–Kier alpha value is -1.98. The molecular weight excluding hydrogens is 304 g/mol. The summed E-state index contributed by atoms with van der Waals surface area (Å²) in [4.78, 5) is 41.2. The third-order valence-electron chi connectivity index (χ3n) is 4.87. The van der Waals surface area contributed by atoms with Gasteiger partial charge in [0.15, 0.2) is 17.3 Å². The lowest BCUT2D eigenvalue weighted by molar-refractivity contribution is -0.137. The lowest BCUT2D eigenvalue weighted by atomic mass is 9.75. The average molecular weight is 321 g/mol. The third-order valence-corrected chi connectivity index (χ3v) is 4.87. The van der Waals surface area contributed by atoms with E-state index in [1.807, 2.05) is 0 Å². The van der Waals surface area contributed by atoms with Gasteiger partial charge in [0.1, 0.15) is 11.6 Å². The molecular formula is C17H17F2NO3. The van der Waals surface area contributed by atoms with Crippen molar-refractivity contribution < 1.29 is 23.2 Å². The highest BCUT2D eigenvalue weighted by Gasteiger charge is 2.50. The van der Waals surface area contributed by atoms with Crippen LogP contribution in [0.15, 0.2) is 12.1 Å². The zero-order chi connectivity index (χ0) is 16.9. The van der Waals surface area contributed by atoms with E-state index in [4.69, 9.17) is 0 Å². The molecule has 1 aromatic heterocycles. The monoisotopic (exact) mass is 321 g/mol. The number of aryl methyl sites for hydroxylation is 1. The molecule has 0 amide bonds. The van der Waals surface area contributed by atoms with Gasteiger partial charge >= 0.3 is 0 Å². The van der Waals surface area contributed by atoms with Gasteiger partial charge in [-0.15, -0.1) is 0 Å². The van der Waals surface area contributed by atoms with E-state index >= 15 is 0 Å². The van der Waals surface area contributed by atoms with Crippen molar-refractivity contribution in [2.45, 2.75) is 39.0 Å². The van der Waals surface area contributed by atoms with Gasteiger partial charge in [-0.25, -0.2) is 0 Å². The van der Waals surface area contributed by atoms with Crippen molar-refractivity contribution in [3.63, 3.8) is 0 Å². The van der Waals surface area contributed by atoms with Gasteiger partial charge in [-0.05, 0) is 38.3 Å². The van der Waals surface area contributed by atoms with Gasteiger partial charge in [0.2, 0.25) is 0 Å². The molecule has 2 aliphatic carbocycles. The van der Waals surface area contributed by atoms with Crippen molar-refractivity contribution in [2.75, 3.05) is 0 Å². The standard InChI is InChI=1S/C17H17F2NO3/c1-8-11(5-6-12(20-8)17(2,18)19)16(23)13-14(21)9-3-4-10(7-9)15(13)22/h5-6,9-10,13H,3-4,7H2,1-2H3. The van der Waals surface area contributed by atoms with E-state index in [0.717, 1.165) is 13.0 Å². The number of pyridine rings is 1. The molecule has 6 heteroatoms. The van der Waals surface area contributed by atoms with Crippen LogP contribution in [0, 0.1) is 24.7 Å². The molecule has 122 valence electrons. The number of fused-ring (bicyclic) bond motifs is 2. The molecule has 0 aromatic carbocycles. The van der Waals surface area contributed by atoms with Crippen molar-refractivity contribution in [2.24, 2.45) is 17.8 Å². The number of hydrogen-bond acceptors (Lipinski definition) is 4. The van der Waals surface area contributed by atoms with E-state index in [1.54, 1.807) is 0 Å². The molecule has 0 aliphatic heterocycles. The Morgan fingerprint density at radius 2 is 1.74 bits per heavy atom. The number of alkyl halides is 2. The smallest absolute Gasteiger partial charge is 0.286 e. The van der Waals surface area contributed by atoms with Crippen LogP contribution in [0.5, 0.6) is 0 Å². The Morgan fingerprint density at radius 1 is 1.17 bits per heavy atom. The lowest BCUT2D eigenvalue weighted by Crippen LogP contribution is -2.41. The Balaban J connectivity index is 1.94. The summed E-state index contributed by atoms with van der Waals surface area (Å²) < 4.78 is 26.6. The van der Waals surface area contributed by atoms with Crippen LogP contribution in [0.1, 0.15) is 47.9 Å². The zero-order valence-electron chi connectivity index (χ0n) is 12.9. The largest absolute Gasteiger partial charge is 0.298 e. The third kappa shape index (κ3) is 2.60. The van der Waals surface area contributed by atoms with Crippen LogP contribution in [0.4, 0.5) is 8.78 Å². The van der Waals surface area contributed by atoms with Crippen LogP contribution in [0.2, 0.25) is 0 Å². The second-order valence-corrected chi connectivity index (χ2v) is 6.53. The van der Waals surface area contributed by atoms with Crippen LogP contribution < -0.4 is 0 Å². The quantitative estimate of drug-likeness (QED) is 0.634. The van der Waals surface area contributed by atoms with Crippen LogP contribution in [0.25, 0.3) is 0 Å². The van der Waals surface area contributed by atoms with Gasteiger partial charge in [-0.3, -0.25) is 19.4 Å². The first kappa shape index (κ1) is 15.9. The molecule has 2 unspecified atom stereocenters. The first-order valence-electron chi connectivity index (χ1n) is 7.67. The summed E-state index contributed by atoms with van der Waals surface area (Å²) in [5.41, 5.74) is -0.244. The van der Waals surface area contributed by atoms with Crippen LogP contribution in [-0.4, -0.2) is 22.3 Å². The molecule has 0 spiro atoms. The van der Waals surface area contributed by atoms with Crippen molar-refractivity contribution in [3.05, 3.63) is 29.1 Å². The Morgan fingerprint density at radius 3 is 2.22 bits per heavy atom. The van der Waals surface area contributed by atoms with Crippen LogP contribution in [0.3, 0.4) is 0 Å². The molecule has 2 fully saturated rings. The highest BCUT2D eigenvalue weighted by molar-refractivity contribution is 6.26. The molecule has 1 aromatic rings. The van der Waals surface area contributed by atoms with E-state index in [0.29, 0.717) is 19.3 Å². The topological polar surface area (TPSA) is 64.1 Å². The molecule has 0 radical (unpaired) electrons. The number of rotatable bonds is 3. The predicted octanol–water partition coefficient (Wildman–Crippen LogP) is 2.87. The van der Waals surface area contributed by atoms with Gasteiger partial charge in [0.25, 0.3) is 5.92 Å². The zero-order valence-corrected chi connectivity index (χ0v) is 12.9. The van der Waals surface area contributed by atoms with E-state index in [-0.39, 0.29) is 34.7 Å². The maximum absolute atomic E-state index is 13.3. The highest BCUT2D eigenvalue weighted by Crippen LogP contribution is 2.41. The van der Waals surface area contributed by atoms with E-state index in [2.05, 4.69) is 4.98 Å². The van der Waals surface area contributed by atoms with Gasteiger partial charge in [-0.2, -0.15) is 8.78 Å². The maximum atomic E-state index is 13.3. The minimum Gasteiger partial charge on any atom is -0.298 e. The van der Waals surface area contributed by atoms with Gasteiger partial charge in [-0.1, -0.05) is 0 Å². The SMILES string of the molecule is Cc1nc(C(C)(F)F)ccc1C(=O)C1C(=O)C2CCC(C2)C1=O. The fourth-order valence-corrected chi connectivity index (χ4v) is 3.59. The summed E-state index contributed by atoms with van der Waals surface area (Å²) in [6.45, 7) is 2.16. The molecule has 1 heterocycles. The normalized spacial score (nSPS) is 27.4. The van der Waals surface area contributed by atoms with Crippen molar-refractivity contribution in [1.29, 1.82) is 0 Å². The number of carbonyl (C=O) groups excluding carboxylic acids is 3. The minimum absolute atomic E-state index is 0.0750. The molecule has 2 bridgehead atoms. The van der Waals surface area contributed by atoms with Crippen LogP contribution in [-0.2, 0) is 15.5 Å². The number of hydrogen-bond donors (Lipinski definition) is 0. The second kappa shape index (κ2) is 5.28. The van der Waals surface area contributed by atoms with Crippen molar-refractivity contribution in [1.82, 2.24) is 4.98 Å². The Kier molecular flexibility index (Phi) is 3.65. The number of halogens is 2. The number of carbonyl (C=O) groups is 3. The summed E-state index contributed by atoms with van der Waals surface area (Å²) in [7, 11) is 0. The summed E-state index contributed by atoms with van der Waals surface area (Å²) in [6, 6.07) is 2.32. The van der Waals surface area contributed by atoms with Gasteiger partial charge in [0.05, 0.1) is 0 Å². The molecule has 2 atom stereocenters. The number of nitrogens with zero attached hydrogens (tertiary/aromatic N) is 1.